The van der Waals surface area contributed by atoms with Crippen molar-refractivity contribution in [2.45, 2.75) is 65.1 Å². The Balaban J connectivity index is 1.58. The van der Waals surface area contributed by atoms with Crippen LogP contribution in [0.4, 0.5) is 0 Å². The van der Waals surface area contributed by atoms with E-state index in [-0.39, 0.29) is 6.61 Å². The lowest BCUT2D eigenvalue weighted by atomic mass is 9.95. The minimum absolute atomic E-state index is 0.0798. The molecule has 0 amide bonds. The Bertz CT molecular complexity index is 1500. The molecule has 9 heteroatoms. The van der Waals surface area contributed by atoms with Gasteiger partial charge in [-0.15, -0.1) is 0 Å². The average Bonchev–Trinajstić information content (AvgIpc) is 3.35. The average molecular weight is 464 g/mol. The summed E-state index contributed by atoms with van der Waals surface area (Å²) in [6.07, 6.45) is 5.73. The van der Waals surface area contributed by atoms with Crippen molar-refractivity contribution in [1.82, 2.24) is 23.1 Å². The molecule has 0 aliphatic heterocycles. The Morgan fingerprint density at radius 1 is 1.06 bits per heavy atom. The van der Waals surface area contributed by atoms with Gasteiger partial charge in [-0.1, -0.05) is 49.6 Å². The second-order valence-corrected chi connectivity index (χ2v) is 9.13. The van der Waals surface area contributed by atoms with Crippen LogP contribution in [-0.2, 0) is 29.7 Å². The van der Waals surface area contributed by atoms with Gasteiger partial charge in [-0.3, -0.25) is 18.6 Å². The molecule has 0 radical (unpaired) electrons. The lowest BCUT2D eigenvalue weighted by Gasteiger charge is -2.24. The SMILES string of the molecule is Cc1c(C)n2c3c(=O)n(CC(=O)OCc4ccccc4)c(=O)n(C)c3nc2n1C1CCCCC1. The third-order valence-electron chi connectivity index (χ3n) is 7.03. The monoisotopic (exact) mass is 463 g/mol. The Morgan fingerprint density at radius 2 is 1.76 bits per heavy atom. The third-order valence-corrected chi connectivity index (χ3v) is 7.03. The van der Waals surface area contributed by atoms with E-state index >= 15 is 0 Å². The van der Waals surface area contributed by atoms with Gasteiger partial charge in [-0.05, 0) is 32.3 Å². The fourth-order valence-corrected chi connectivity index (χ4v) is 5.10. The molecular formula is C25H29N5O4. The molecule has 1 aliphatic carbocycles. The molecule has 4 aromatic rings. The van der Waals surface area contributed by atoms with E-state index < -0.39 is 23.8 Å². The van der Waals surface area contributed by atoms with Crippen LogP contribution in [0.1, 0.15) is 55.1 Å². The standard InChI is InChI=1S/C25H29N5O4/c1-16-17(2)30-21-22(26-24(30)29(16)19-12-8-5-9-13-19)27(3)25(33)28(23(21)32)14-20(31)34-15-18-10-6-4-7-11-18/h4,6-7,10-11,19H,5,8-9,12-15H2,1-3H3. The smallest absolute Gasteiger partial charge is 0.333 e. The van der Waals surface area contributed by atoms with Gasteiger partial charge in [0.1, 0.15) is 13.2 Å². The van der Waals surface area contributed by atoms with Gasteiger partial charge in [-0.2, -0.15) is 4.98 Å². The van der Waals surface area contributed by atoms with Crippen LogP contribution in [0.3, 0.4) is 0 Å². The van der Waals surface area contributed by atoms with Gasteiger partial charge in [0, 0.05) is 24.5 Å². The predicted molar refractivity (Wildman–Crippen MR) is 128 cm³/mol. The molecule has 9 nitrogen and oxygen atoms in total. The number of imidazole rings is 2. The summed E-state index contributed by atoms with van der Waals surface area (Å²) >= 11 is 0. The van der Waals surface area contributed by atoms with E-state index in [0.29, 0.717) is 23.0 Å². The molecule has 0 unspecified atom stereocenters. The van der Waals surface area contributed by atoms with Crippen molar-refractivity contribution in [3.8, 4) is 0 Å². The number of carbonyl (C=O) groups is 1. The van der Waals surface area contributed by atoms with E-state index in [9.17, 15) is 14.4 Å². The topological polar surface area (TPSA) is 92.5 Å². The van der Waals surface area contributed by atoms with Gasteiger partial charge in [0.2, 0.25) is 5.78 Å². The van der Waals surface area contributed by atoms with Crippen LogP contribution in [0, 0.1) is 13.8 Å². The lowest BCUT2D eigenvalue weighted by Crippen LogP contribution is -2.41. The highest BCUT2D eigenvalue weighted by molar-refractivity contribution is 5.77. The van der Waals surface area contributed by atoms with E-state index in [1.165, 1.54) is 23.8 Å². The van der Waals surface area contributed by atoms with Crippen molar-refractivity contribution >= 4 is 22.9 Å². The number of hydrogen-bond acceptors (Lipinski definition) is 5. The fraction of sp³-hybridized carbons (Fsp3) is 0.440. The zero-order chi connectivity index (χ0) is 24.0. The maximum Gasteiger partial charge on any atom is 0.333 e. The summed E-state index contributed by atoms with van der Waals surface area (Å²) in [6.45, 7) is 3.64. The summed E-state index contributed by atoms with van der Waals surface area (Å²) < 4.78 is 11.7. The summed E-state index contributed by atoms with van der Waals surface area (Å²) in [4.78, 5) is 43.8. The van der Waals surface area contributed by atoms with Gasteiger partial charge in [-0.25, -0.2) is 9.36 Å². The van der Waals surface area contributed by atoms with Crippen molar-refractivity contribution < 1.29 is 9.53 Å². The molecule has 1 aromatic carbocycles. The maximum absolute atomic E-state index is 13.5. The van der Waals surface area contributed by atoms with Crippen LogP contribution >= 0.6 is 0 Å². The zero-order valence-electron chi connectivity index (χ0n) is 19.8. The first-order valence-electron chi connectivity index (χ1n) is 11.8. The Morgan fingerprint density at radius 3 is 2.47 bits per heavy atom. The summed E-state index contributed by atoms with van der Waals surface area (Å²) in [5, 5.41) is 0. The van der Waals surface area contributed by atoms with E-state index in [4.69, 9.17) is 9.72 Å². The Kier molecular flexibility index (Phi) is 5.63. The van der Waals surface area contributed by atoms with Gasteiger partial charge in [0.25, 0.3) is 5.56 Å². The van der Waals surface area contributed by atoms with E-state index in [1.807, 2.05) is 48.6 Å². The number of esters is 1. The number of ether oxygens (including phenoxy) is 1. The van der Waals surface area contributed by atoms with Gasteiger partial charge >= 0.3 is 11.7 Å². The second-order valence-electron chi connectivity index (χ2n) is 9.13. The molecule has 0 atom stereocenters. The molecular weight excluding hydrogens is 434 g/mol. The zero-order valence-corrected chi connectivity index (χ0v) is 19.8. The molecule has 34 heavy (non-hydrogen) atoms. The first-order chi connectivity index (χ1) is 16.4. The molecule has 0 N–H and O–H groups in total. The summed E-state index contributed by atoms with van der Waals surface area (Å²) in [5.74, 6) is 0.0317. The molecule has 1 fully saturated rings. The first kappa shape index (κ1) is 22.2. The van der Waals surface area contributed by atoms with Crippen LogP contribution in [0.15, 0.2) is 39.9 Å². The van der Waals surface area contributed by atoms with Gasteiger partial charge in [0.05, 0.1) is 0 Å². The van der Waals surface area contributed by atoms with E-state index in [1.54, 1.807) is 7.05 Å². The van der Waals surface area contributed by atoms with E-state index in [0.717, 1.165) is 34.4 Å². The molecule has 178 valence electrons. The van der Waals surface area contributed by atoms with Crippen molar-refractivity contribution in [3.63, 3.8) is 0 Å². The summed E-state index contributed by atoms with van der Waals surface area (Å²) in [7, 11) is 1.58. The Labute approximate surface area is 196 Å². The first-order valence-corrected chi connectivity index (χ1v) is 11.8. The number of aryl methyl sites for hydroxylation is 2. The van der Waals surface area contributed by atoms with Crippen molar-refractivity contribution in [2.75, 3.05) is 0 Å². The van der Waals surface area contributed by atoms with Gasteiger partial charge in [0.15, 0.2) is 11.2 Å². The largest absolute Gasteiger partial charge is 0.459 e. The Hall–Kier alpha value is -3.62. The maximum atomic E-state index is 13.5. The molecule has 3 aromatic heterocycles. The normalized spacial score (nSPS) is 14.8. The molecule has 5 rings (SSSR count). The van der Waals surface area contributed by atoms with Crippen molar-refractivity contribution in [1.29, 1.82) is 0 Å². The van der Waals surface area contributed by atoms with E-state index in [2.05, 4.69) is 4.57 Å². The fourth-order valence-electron chi connectivity index (χ4n) is 5.10. The number of carbonyl (C=O) groups excluding carboxylic acids is 1. The molecule has 1 aliphatic rings. The van der Waals surface area contributed by atoms with Crippen LogP contribution in [0.25, 0.3) is 16.9 Å². The minimum Gasteiger partial charge on any atom is -0.459 e. The lowest BCUT2D eigenvalue weighted by molar-refractivity contribution is -0.145. The number of hydrogen-bond donors (Lipinski definition) is 0. The number of fused-ring (bicyclic) bond motifs is 3. The predicted octanol–water partition coefficient (Wildman–Crippen LogP) is 3.01. The number of nitrogens with zero attached hydrogens (tertiary/aromatic N) is 5. The third kappa shape index (κ3) is 3.55. The van der Waals surface area contributed by atoms with Crippen molar-refractivity contribution in [3.05, 3.63) is 68.1 Å². The second kappa shape index (κ2) is 8.62. The van der Waals surface area contributed by atoms with Crippen LogP contribution < -0.4 is 11.2 Å². The molecule has 0 saturated heterocycles. The van der Waals surface area contributed by atoms with Crippen molar-refractivity contribution in [2.24, 2.45) is 7.05 Å². The molecule has 0 spiro atoms. The number of benzene rings is 1. The number of rotatable bonds is 5. The van der Waals surface area contributed by atoms with Gasteiger partial charge < -0.3 is 9.30 Å². The number of aromatic nitrogens is 5. The summed E-state index contributed by atoms with van der Waals surface area (Å²) in [5.41, 5.74) is 2.32. The van der Waals surface area contributed by atoms with Crippen LogP contribution in [0.5, 0.6) is 0 Å². The molecule has 1 saturated carbocycles. The summed E-state index contributed by atoms with van der Waals surface area (Å²) in [6, 6.07) is 9.60. The van der Waals surface area contributed by atoms with Crippen LogP contribution in [-0.4, -0.2) is 29.1 Å². The minimum atomic E-state index is -0.643. The van der Waals surface area contributed by atoms with Crippen LogP contribution in [0.2, 0.25) is 0 Å². The highest BCUT2D eigenvalue weighted by atomic mass is 16.5. The highest BCUT2D eigenvalue weighted by Gasteiger charge is 2.27. The highest BCUT2D eigenvalue weighted by Crippen LogP contribution is 2.33. The quantitative estimate of drug-likeness (QED) is 0.424. The molecule has 0 bridgehead atoms. The molecule has 3 heterocycles.